The number of nitrogens with zero attached hydrogens (tertiary/aromatic N) is 4. The van der Waals surface area contributed by atoms with E-state index in [9.17, 15) is 28.4 Å². The number of fused-ring (bicyclic) bond motifs is 2. The summed E-state index contributed by atoms with van der Waals surface area (Å²) in [6.45, 7) is 1.11. The van der Waals surface area contributed by atoms with Crippen LogP contribution < -0.4 is 10.2 Å². The molecule has 40 heavy (non-hydrogen) atoms. The summed E-state index contributed by atoms with van der Waals surface area (Å²) < 4.78 is 26.7. The standard InChI is InChI=1S/C29H28ClF2N5O3/c30-18-11-20(23(24(31)32)34-12-18)25(38)35-19-7-5-17(6-8-19)13-37-22-4-2-1-3-21(22)29(27(37)40)15-36(16-29)26(39)28(14-33)9-10-28/h1-4,11-12,17,19,24H,5-10,13,15-16H2,(H,35,38). The Kier molecular flexibility index (Phi) is 6.53. The number of likely N-dealkylation sites (tertiary alicyclic amines) is 1. The molecule has 3 fully saturated rings. The Bertz CT molecular complexity index is 1420. The number of alkyl halides is 2. The Morgan fingerprint density at radius 3 is 2.52 bits per heavy atom. The first kappa shape index (κ1) is 26.6. The first-order valence-corrected chi connectivity index (χ1v) is 13.9. The van der Waals surface area contributed by atoms with E-state index in [0.717, 1.165) is 30.3 Å². The van der Waals surface area contributed by atoms with Gasteiger partial charge < -0.3 is 15.1 Å². The molecule has 0 atom stereocenters. The lowest BCUT2D eigenvalue weighted by molar-refractivity contribution is -0.147. The van der Waals surface area contributed by atoms with Crippen LogP contribution in [0.4, 0.5) is 14.5 Å². The highest BCUT2D eigenvalue weighted by Crippen LogP contribution is 2.52. The summed E-state index contributed by atoms with van der Waals surface area (Å²) >= 11 is 5.89. The Hall–Kier alpha value is -3.58. The number of benzene rings is 1. The molecule has 0 bridgehead atoms. The summed E-state index contributed by atoms with van der Waals surface area (Å²) in [4.78, 5) is 46.6. The number of carbonyl (C=O) groups excluding carboxylic acids is 3. The SMILES string of the molecule is N#CC1(C(=O)N2CC3(C2)C(=O)N(CC2CCC(NC(=O)c4cc(Cl)cnc4C(F)F)CC2)c2ccccc23)CC1. The van der Waals surface area contributed by atoms with Crippen LogP contribution in [0.3, 0.4) is 0 Å². The van der Waals surface area contributed by atoms with Crippen molar-refractivity contribution in [3.05, 3.63) is 58.4 Å². The maximum atomic E-state index is 13.8. The van der Waals surface area contributed by atoms with Gasteiger partial charge in [-0.15, -0.1) is 0 Å². The van der Waals surface area contributed by atoms with Crippen LogP contribution in [0.2, 0.25) is 5.02 Å². The van der Waals surface area contributed by atoms with E-state index in [1.165, 1.54) is 6.07 Å². The monoisotopic (exact) mass is 567 g/mol. The van der Waals surface area contributed by atoms with Crippen molar-refractivity contribution in [3.8, 4) is 6.07 Å². The zero-order chi connectivity index (χ0) is 28.2. The highest BCUT2D eigenvalue weighted by Gasteiger charge is 2.63. The van der Waals surface area contributed by atoms with Crippen molar-refractivity contribution >= 4 is 35.0 Å². The molecular formula is C29H28ClF2N5O3. The second-order valence-electron chi connectivity index (χ2n) is 11.4. The van der Waals surface area contributed by atoms with Crippen LogP contribution in [0, 0.1) is 22.7 Å². The minimum atomic E-state index is -2.89. The van der Waals surface area contributed by atoms with Gasteiger partial charge in [0.2, 0.25) is 11.8 Å². The molecule has 3 heterocycles. The van der Waals surface area contributed by atoms with Crippen molar-refractivity contribution < 1.29 is 23.2 Å². The molecule has 6 rings (SSSR count). The molecule has 2 aliphatic heterocycles. The summed E-state index contributed by atoms with van der Waals surface area (Å²) in [5, 5.41) is 12.4. The minimum Gasteiger partial charge on any atom is -0.349 e. The van der Waals surface area contributed by atoms with Crippen LogP contribution in [0.5, 0.6) is 0 Å². The second-order valence-corrected chi connectivity index (χ2v) is 11.9. The molecule has 1 spiro atoms. The highest BCUT2D eigenvalue weighted by molar-refractivity contribution is 6.30. The molecule has 2 aromatic rings. The van der Waals surface area contributed by atoms with Gasteiger partial charge in [-0.3, -0.25) is 19.4 Å². The van der Waals surface area contributed by atoms with Crippen LogP contribution in [-0.4, -0.2) is 53.3 Å². The number of nitrogens with one attached hydrogen (secondary N) is 1. The Balaban J connectivity index is 1.09. The summed E-state index contributed by atoms with van der Waals surface area (Å²) in [6.07, 6.45) is 2.19. The molecule has 1 saturated heterocycles. The first-order chi connectivity index (χ1) is 19.2. The Morgan fingerprint density at radius 2 is 1.88 bits per heavy atom. The summed E-state index contributed by atoms with van der Waals surface area (Å²) in [5.41, 5.74) is -0.685. The third kappa shape index (κ3) is 4.31. The van der Waals surface area contributed by atoms with Gasteiger partial charge in [0.15, 0.2) is 0 Å². The van der Waals surface area contributed by atoms with E-state index in [1.807, 2.05) is 29.2 Å². The van der Waals surface area contributed by atoms with E-state index >= 15 is 0 Å². The third-order valence-corrected chi connectivity index (χ3v) is 9.11. The highest BCUT2D eigenvalue weighted by atomic mass is 35.5. The first-order valence-electron chi connectivity index (χ1n) is 13.5. The number of para-hydroxylation sites is 1. The van der Waals surface area contributed by atoms with Gasteiger partial charge in [-0.05, 0) is 62.1 Å². The van der Waals surface area contributed by atoms with E-state index in [-0.39, 0.29) is 34.4 Å². The topological polar surface area (TPSA) is 106 Å². The number of halogens is 3. The quantitative estimate of drug-likeness (QED) is 0.557. The van der Waals surface area contributed by atoms with Gasteiger partial charge in [0.25, 0.3) is 12.3 Å². The average Bonchev–Trinajstić information content (AvgIpc) is 3.69. The van der Waals surface area contributed by atoms with Crippen LogP contribution in [0.15, 0.2) is 36.5 Å². The molecule has 0 radical (unpaired) electrons. The predicted octanol–water partition coefficient (Wildman–Crippen LogP) is 4.39. The molecule has 1 N–H and O–H groups in total. The van der Waals surface area contributed by atoms with Crippen molar-refractivity contribution in [1.82, 2.24) is 15.2 Å². The number of rotatable bonds is 6. The second kappa shape index (κ2) is 9.81. The van der Waals surface area contributed by atoms with Gasteiger partial charge in [0.05, 0.1) is 16.7 Å². The van der Waals surface area contributed by atoms with E-state index in [2.05, 4.69) is 16.4 Å². The van der Waals surface area contributed by atoms with Crippen molar-refractivity contribution in [2.45, 2.75) is 56.4 Å². The smallest absolute Gasteiger partial charge is 0.281 e. The molecular weight excluding hydrogens is 540 g/mol. The molecule has 0 unspecified atom stereocenters. The number of nitriles is 1. The normalized spacial score (nSPS) is 23.9. The van der Waals surface area contributed by atoms with Gasteiger partial charge in [-0.1, -0.05) is 29.8 Å². The van der Waals surface area contributed by atoms with E-state index in [1.54, 1.807) is 4.90 Å². The number of hydrogen-bond donors (Lipinski definition) is 1. The number of hydrogen-bond acceptors (Lipinski definition) is 5. The van der Waals surface area contributed by atoms with Crippen molar-refractivity contribution in [3.63, 3.8) is 0 Å². The lowest BCUT2D eigenvalue weighted by atomic mass is 9.74. The van der Waals surface area contributed by atoms with Crippen molar-refractivity contribution in [2.75, 3.05) is 24.5 Å². The maximum Gasteiger partial charge on any atom is 0.281 e. The van der Waals surface area contributed by atoms with Crippen LogP contribution in [0.1, 0.15) is 66.6 Å². The van der Waals surface area contributed by atoms with Gasteiger partial charge in [0, 0.05) is 37.6 Å². The van der Waals surface area contributed by atoms with Crippen molar-refractivity contribution in [2.24, 2.45) is 11.3 Å². The molecule has 8 nitrogen and oxygen atoms in total. The van der Waals surface area contributed by atoms with Crippen LogP contribution in [0.25, 0.3) is 0 Å². The van der Waals surface area contributed by atoms with Gasteiger partial charge >= 0.3 is 0 Å². The van der Waals surface area contributed by atoms with Crippen molar-refractivity contribution in [1.29, 1.82) is 5.26 Å². The van der Waals surface area contributed by atoms with Gasteiger partial charge in [-0.2, -0.15) is 5.26 Å². The van der Waals surface area contributed by atoms with E-state index in [4.69, 9.17) is 11.6 Å². The molecule has 208 valence electrons. The average molecular weight is 568 g/mol. The van der Waals surface area contributed by atoms with Crippen LogP contribution in [-0.2, 0) is 15.0 Å². The number of pyridine rings is 1. The number of aromatic nitrogens is 1. The molecule has 4 aliphatic rings. The number of amides is 3. The molecule has 2 aliphatic carbocycles. The third-order valence-electron chi connectivity index (χ3n) is 8.91. The Labute approximate surface area is 235 Å². The van der Waals surface area contributed by atoms with E-state index < -0.39 is 28.9 Å². The maximum absolute atomic E-state index is 13.8. The lowest BCUT2D eigenvalue weighted by Crippen LogP contribution is -2.66. The summed E-state index contributed by atoms with van der Waals surface area (Å²) in [6, 6.07) is 10.9. The molecule has 2 saturated carbocycles. The molecule has 1 aromatic carbocycles. The van der Waals surface area contributed by atoms with E-state index in [0.29, 0.717) is 45.3 Å². The largest absolute Gasteiger partial charge is 0.349 e. The zero-order valence-electron chi connectivity index (χ0n) is 21.7. The molecule has 11 heteroatoms. The number of carbonyl (C=O) groups is 3. The van der Waals surface area contributed by atoms with Gasteiger partial charge in [0.1, 0.15) is 16.5 Å². The zero-order valence-corrected chi connectivity index (χ0v) is 22.5. The minimum absolute atomic E-state index is 0.0111. The van der Waals surface area contributed by atoms with Crippen LogP contribution >= 0.6 is 11.6 Å². The lowest BCUT2D eigenvalue weighted by Gasteiger charge is -2.47. The predicted molar refractivity (Wildman–Crippen MR) is 142 cm³/mol. The Morgan fingerprint density at radius 1 is 1.18 bits per heavy atom. The molecule has 1 aromatic heterocycles. The summed E-state index contributed by atoms with van der Waals surface area (Å²) in [5.74, 6) is -0.592. The molecule has 3 amide bonds. The summed E-state index contributed by atoms with van der Waals surface area (Å²) in [7, 11) is 0. The fourth-order valence-corrected chi connectivity index (χ4v) is 6.61. The fourth-order valence-electron chi connectivity index (χ4n) is 6.45. The van der Waals surface area contributed by atoms with Gasteiger partial charge in [-0.25, -0.2) is 8.78 Å². The number of anilines is 1. The fraction of sp³-hybridized carbons (Fsp3) is 0.483.